The molecule has 0 aliphatic carbocycles. The fourth-order valence-electron chi connectivity index (χ4n) is 3.58. The third-order valence-corrected chi connectivity index (χ3v) is 5.54. The molecule has 0 atom stereocenters. The summed E-state index contributed by atoms with van der Waals surface area (Å²) in [5.74, 6) is -0.628. The second-order valence-corrected chi connectivity index (χ2v) is 8.77. The van der Waals surface area contributed by atoms with Crippen LogP contribution >= 0.6 is 0 Å². The van der Waals surface area contributed by atoms with E-state index in [9.17, 15) is 14.4 Å². The highest BCUT2D eigenvalue weighted by Crippen LogP contribution is 2.28. The molecule has 3 aromatic rings. The summed E-state index contributed by atoms with van der Waals surface area (Å²) in [4.78, 5) is 36.8. The molecule has 3 aromatic carbocycles. The summed E-state index contributed by atoms with van der Waals surface area (Å²) < 4.78 is 16.9. The number of para-hydroxylation sites is 1. The minimum Gasteiger partial charge on any atom is -0.494 e. The van der Waals surface area contributed by atoms with E-state index in [-0.39, 0.29) is 12.5 Å². The zero-order valence-electron chi connectivity index (χ0n) is 23.1. The average Bonchev–Trinajstić information content (AvgIpc) is 2.94. The number of ether oxygens (including phenoxy) is 3. The van der Waals surface area contributed by atoms with Gasteiger partial charge in [-0.05, 0) is 86.3 Å². The Labute approximate surface area is 233 Å². The zero-order chi connectivity index (χ0) is 28.9. The molecule has 0 aromatic heterocycles. The van der Waals surface area contributed by atoms with Gasteiger partial charge < -0.3 is 24.8 Å². The number of nitrogens with zero attached hydrogens (tertiary/aromatic N) is 1. The summed E-state index contributed by atoms with van der Waals surface area (Å²) in [6.45, 7) is 8.44. The molecule has 0 heterocycles. The quantitative estimate of drug-likeness (QED) is 0.173. The molecule has 0 saturated carbocycles. The van der Waals surface area contributed by atoms with Gasteiger partial charge in [0.15, 0.2) is 18.1 Å². The second kappa shape index (κ2) is 14.9. The lowest BCUT2D eigenvalue weighted by atomic mass is 10.1. The molecule has 0 saturated heterocycles. The smallest absolute Gasteiger partial charge is 0.329 e. The molecule has 3 N–H and O–H groups in total. The summed E-state index contributed by atoms with van der Waals surface area (Å²) in [7, 11) is 0. The molecular weight excluding hydrogens is 512 g/mol. The highest BCUT2D eigenvalue weighted by atomic mass is 16.5. The van der Waals surface area contributed by atoms with E-state index in [0.29, 0.717) is 41.7 Å². The summed E-state index contributed by atoms with van der Waals surface area (Å²) in [5, 5.41) is 9.24. The molecule has 0 unspecified atom stereocenters. The first-order valence-corrected chi connectivity index (χ1v) is 12.9. The number of nitrogens with one attached hydrogen (secondary N) is 3. The maximum absolute atomic E-state index is 12.5. The van der Waals surface area contributed by atoms with Gasteiger partial charge in [0.05, 0.1) is 19.4 Å². The first-order chi connectivity index (χ1) is 19.3. The van der Waals surface area contributed by atoms with Crippen LogP contribution in [0.3, 0.4) is 0 Å². The maximum atomic E-state index is 12.5. The Morgan fingerprint density at radius 1 is 0.825 bits per heavy atom. The minimum atomic E-state index is -0.928. The number of carbonyl (C=O) groups excluding carboxylic acids is 3. The van der Waals surface area contributed by atoms with Crippen molar-refractivity contribution in [3.8, 4) is 17.2 Å². The Kier molecular flexibility index (Phi) is 11.1. The molecule has 40 heavy (non-hydrogen) atoms. The van der Waals surface area contributed by atoms with Crippen LogP contribution in [-0.4, -0.2) is 43.8 Å². The van der Waals surface area contributed by atoms with Gasteiger partial charge >= 0.3 is 11.8 Å². The Morgan fingerprint density at radius 2 is 1.55 bits per heavy atom. The van der Waals surface area contributed by atoms with Crippen molar-refractivity contribution >= 4 is 35.3 Å². The van der Waals surface area contributed by atoms with Crippen LogP contribution in [0.25, 0.3) is 0 Å². The van der Waals surface area contributed by atoms with Crippen LogP contribution < -0.4 is 30.3 Å². The van der Waals surface area contributed by atoms with Gasteiger partial charge in [-0.3, -0.25) is 14.4 Å². The number of hydrazone groups is 1. The molecule has 0 fully saturated rings. The van der Waals surface area contributed by atoms with Gasteiger partial charge in [-0.1, -0.05) is 25.1 Å². The van der Waals surface area contributed by atoms with Gasteiger partial charge in [-0.15, -0.1) is 0 Å². The topological polar surface area (TPSA) is 127 Å². The maximum Gasteiger partial charge on any atom is 0.329 e. The third kappa shape index (κ3) is 8.87. The van der Waals surface area contributed by atoms with E-state index >= 15 is 0 Å². The summed E-state index contributed by atoms with van der Waals surface area (Å²) in [6, 6.07) is 17.5. The standard InChI is InChI=1S/C30H34N4O6/c1-5-16-39-24-13-11-23(12-14-24)32-29(36)30(37)34-31-18-22-10-15-25(26(17-22)38-6-2)40-19-27(35)33-28-20(3)8-7-9-21(28)4/h7-15,17-18H,5-6,16,19H2,1-4H3,(H,32,36)(H,33,35)(H,34,37)/b31-18-. The fourth-order valence-corrected chi connectivity index (χ4v) is 3.58. The Hall–Kier alpha value is -4.86. The molecular formula is C30H34N4O6. The van der Waals surface area contributed by atoms with Crippen molar-refractivity contribution in [2.75, 3.05) is 30.5 Å². The first-order valence-electron chi connectivity index (χ1n) is 12.9. The average molecular weight is 547 g/mol. The number of rotatable bonds is 12. The lowest BCUT2D eigenvalue weighted by Crippen LogP contribution is -2.32. The predicted octanol–water partition coefficient (Wildman–Crippen LogP) is 4.60. The molecule has 10 nitrogen and oxygen atoms in total. The Balaban J connectivity index is 1.54. The van der Waals surface area contributed by atoms with Crippen molar-refractivity contribution in [3.63, 3.8) is 0 Å². The van der Waals surface area contributed by atoms with E-state index < -0.39 is 11.8 Å². The van der Waals surface area contributed by atoms with Crippen molar-refractivity contribution in [3.05, 3.63) is 77.4 Å². The fraction of sp³-hybridized carbons (Fsp3) is 0.267. The highest BCUT2D eigenvalue weighted by Gasteiger charge is 2.14. The van der Waals surface area contributed by atoms with Gasteiger partial charge in [-0.2, -0.15) is 5.10 Å². The molecule has 3 rings (SSSR count). The van der Waals surface area contributed by atoms with Gasteiger partial charge in [0, 0.05) is 11.4 Å². The Bertz CT molecular complexity index is 1330. The van der Waals surface area contributed by atoms with Crippen molar-refractivity contribution in [2.45, 2.75) is 34.1 Å². The van der Waals surface area contributed by atoms with Crippen molar-refractivity contribution in [1.82, 2.24) is 5.43 Å². The summed E-state index contributed by atoms with van der Waals surface area (Å²) >= 11 is 0. The van der Waals surface area contributed by atoms with Crippen LogP contribution in [0.15, 0.2) is 65.8 Å². The minimum absolute atomic E-state index is 0.207. The molecule has 0 aliphatic heterocycles. The molecule has 0 aliphatic rings. The lowest BCUT2D eigenvalue weighted by molar-refractivity contribution is -0.136. The van der Waals surface area contributed by atoms with Gasteiger partial charge in [0.25, 0.3) is 5.91 Å². The van der Waals surface area contributed by atoms with Crippen LogP contribution in [-0.2, 0) is 14.4 Å². The van der Waals surface area contributed by atoms with E-state index in [0.717, 1.165) is 23.2 Å². The number of aryl methyl sites for hydroxylation is 2. The number of benzene rings is 3. The van der Waals surface area contributed by atoms with E-state index in [1.807, 2.05) is 45.9 Å². The number of amides is 3. The van der Waals surface area contributed by atoms with E-state index in [1.165, 1.54) is 6.21 Å². The van der Waals surface area contributed by atoms with E-state index in [2.05, 4.69) is 21.2 Å². The van der Waals surface area contributed by atoms with Crippen LogP contribution in [0.5, 0.6) is 17.2 Å². The second-order valence-electron chi connectivity index (χ2n) is 8.77. The highest BCUT2D eigenvalue weighted by molar-refractivity contribution is 6.39. The predicted molar refractivity (Wildman–Crippen MR) is 154 cm³/mol. The van der Waals surface area contributed by atoms with E-state index in [1.54, 1.807) is 42.5 Å². The van der Waals surface area contributed by atoms with Crippen molar-refractivity contribution in [2.24, 2.45) is 5.10 Å². The molecule has 0 spiro atoms. The lowest BCUT2D eigenvalue weighted by Gasteiger charge is -2.14. The summed E-state index contributed by atoms with van der Waals surface area (Å²) in [6.07, 6.45) is 2.25. The van der Waals surface area contributed by atoms with Crippen LogP contribution in [0, 0.1) is 13.8 Å². The van der Waals surface area contributed by atoms with Gasteiger partial charge in [-0.25, -0.2) is 5.43 Å². The van der Waals surface area contributed by atoms with Crippen molar-refractivity contribution < 1.29 is 28.6 Å². The van der Waals surface area contributed by atoms with Crippen LogP contribution in [0.4, 0.5) is 11.4 Å². The summed E-state index contributed by atoms with van der Waals surface area (Å²) in [5.41, 5.74) is 5.92. The molecule has 10 heteroatoms. The SMILES string of the molecule is CCCOc1ccc(NC(=O)C(=O)N/N=C\c2ccc(OCC(=O)Nc3c(C)cccc3C)c(OCC)c2)cc1. The monoisotopic (exact) mass is 546 g/mol. The third-order valence-electron chi connectivity index (χ3n) is 5.54. The first kappa shape index (κ1) is 29.7. The van der Waals surface area contributed by atoms with E-state index in [4.69, 9.17) is 14.2 Å². The molecule has 0 radical (unpaired) electrons. The number of carbonyl (C=O) groups is 3. The number of hydrogen-bond acceptors (Lipinski definition) is 7. The molecule has 3 amide bonds. The number of anilines is 2. The normalized spacial score (nSPS) is 10.6. The van der Waals surface area contributed by atoms with Gasteiger partial charge in [0.1, 0.15) is 5.75 Å². The van der Waals surface area contributed by atoms with Crippen molar-refractivity contribution in [1.29, 1.82) is 0 Å². The largest absolute Gasteiger partial charge is 0.494 e. The molecule has 210 valence electrons. The zero-order valence-corrected chi connectivity index (χ0v) is 23.1. The van der Waals surface area contributed by atoms with Crippen LogP contribution in [0.1, 0.15) is 37.0 Å². The van der Waals surface area contributed by atoms with Crippen LogP contribution in [0.2, 0.25) is 0 Å². The van der Waals surface area contributed by atoms with Gasteiger partial charge in [0.2, 0.25) is 0 Å². The number of hydrogen-bond donors (Lipinski definition) is 3. The Morgan fingerprint density at radius 3 is 2.23 bits per heavy atom. The molecule has 0 bridgehead atoms.